The Labute approximate surface area is 110 Å². The zero-order valence-corrected chi connectivity index (χ0v) is 10.4. The lowest BCUT2D eigenvalue weighted by Crippen LogP contribution is -1.68. The van der Waals surface area contributed by atoms with Crippen LogP contribution in [0.1, 0.15) is 1.43 Å². The van der Waals surface area contributed by atoms with Crippen molar-refractivity contribution in [2.75, 3.05) is 0 Å². The standard InChI is InChI=1S/C7H6N2.C7H5NS.H2/c2*1-3-8-5-7-6(1)2-4-9-7;/h1-5,9H;1-5H;1H. The first-order valence-electron chi connectivity index (χ1n) is 5.58. The number of nitrogens with zero attached hydrogens (tertiary/aromatic N) is 2. The number of thiophene rings is 1. The van der Waals surface area contributed by atoms with E-state index in [0.29, 0.717) is 0 Å². The molecule has 4 heteroatoms. The molecule has 0 atom stereocenters. The molecule has 0 spiro atoms. The normalized spacial score (nSPS) is 10.2. The Kier molecular flexibility index (Phi) is 3.02. The minimum atomic E-state index is 0. The van der Waals surface area contributed by atoms with Gasteiger partial charge in [0.05, 0.1) is 16.4 Å². The van der Waals surface area contributed by atoms with Crippen molar-refractivity contribution >= 4 is 32.3 Å². The van der Waals surface area contributed by atoms with Crippen LogP contribution in [0.25, 0.3) is 21.0 Å². The third-order valence-electron chi connectivity index (χ3n) is 2.62. The number of aromatic nitrogens is 3. The highest BCUT2D eigenvalue weighted by Gasteiger charge is 1.89. The Morgan fingerprint density at radius 2 is 1.78 bits per heavy atom. The molecule has 1 N–H and O–H groups in total. The number of rotatable bonds is 0. The van der Waals surface area contributed by atoms with Crippen molar-refractivity contribution in [3.63, 3.8) is 0 Å². The van der Waals surface area contributed by atoms with E-state index in [-0.39, 0.29) is 1.43 Å². The van der Waals surface area contributed by atoms with Gasteiger partial charge in [-0.3, -0.25) is 9.97 Å². The van der Waals surface area contributed by atoms with Crippen LogP contribution in [0, 0.1) is 0 Å². The van der Waals surface area contributed by atoms with E-state index in [1.54, 1.807) is 17.5 Å². The van der Waals surface area contributed by atoms with Crippen LogP contribution in [0.4, 0.5) is 0 Å². The average Bonchev–Trinajstić information content (AvgIpc) is 3.08. The molecule has 4 aromatic heterocycles. The number of nitrogens with one attached hydrogen (secondary N) is 1. The molecule has 0 aliphatic heterocycles. The molecular formula is C14H13N3S. The third kappa shape index (κ3) is 2.24. The van der Waals surface area contributed by atoms with Gasteiger partial charge in [-0.1, -0.05) is 0 Å². The van der Waals surface area contributed by atoms with Crippen molar-refractivity contribution in [3.05, 3.63) is 60.6 Å². The fourth-order valence-electron chi connectivity index (χ4n) is 1.70. The van der Waals surface area contributed by atoms with E-state index in [2.05, 4.69) is 26.4 Å². The number of hydrogen-bond donors (Lipinski definition) is 1. The van der Waals surface area contributed by atoms with Crippen LogP contribution in [0.3, 0.4) is 0 Å². The zero-order chi connectivity index (χ0) is 12.2. The lowest BCUT2D eigenvalue weighted by molar-refractivity contribution is 1.34. The summed E-state index contributed by atoms with van der Waals surface area (Å²) in [6.45, 7) is 0. The summed E-state index contributed by atoms with van der Waals surface area (Å²) in [6, 6.07) is 8.12. The summed E-state index contributed by atoms with van der Waals surface area (Å²) in [5, 5.41) is 4.58. The lowest BCUT2D eigenvalue weighted by atomic mass is 10.3. The van der Waals surface area contributed by atoms with Crippen LogP contribution in [0.2, 0.25) is 0 Å². The number of fused-ring (bicyclic) bond motifs is 2. The SMILES string of the molecule is [HH].c1cc2cc[nH]c2cn1.c1cc2ccsc2cn1. The molecule has 0 amide bonds. The van der Waals surface area contributed by atoms with Crippen LogP contribution in [-0.4, -0.2) is 15.0 Å². The van der Waals surface area contributed by atoms with Gasteiger partial charge in [0.1, 0.15) is 0 Å². The predicted octanol–water partition coefficient (Wildman–Crippen LogP) is 4.11. The van der Waals surface area contributed by atoms with Gasteiger partial charge in [0, 0.05) is 31.6 Å². The van der Waals surface area contributed by atoms with Gasteiger partial charge in [0.15, 0.2) is 0 Å². The molecule has 90 valence electrons. The molecule has 4 aromatic rings. The van der Waals surface area contributed by atoms with Crippen LogP contribution in [0.15, 0.2) is 60.6 Å². The first kappa shape index (κ1) is 10.9. The molecule has 0 fully saturated rings. The van der Waals surface area contributed by atoms with E-state index >= 15 is 0 Å². The Bertz CT molecular complexity index is 637. The molecule has 0 saturated carbocycles. The smallest absolute Gasteiger partial charge is 0.0640 e. The van der Waals surface area contributed by atoms with Gasteiger partial charge < -0.3 is 4.98 Å². The van der Waals surface area contributed by atoms with Crippen LogP contribution < -0.4 is 0 Å². The van der Waals surface area contributed by atoms with Crippen LogP contribution in [-0.2, 0) is 0 Å². The van der Waals surface area contributed by atoms with Crippen molar-refractivity contribution in [1.82, 2.24) is 15.0 Å². The molecule has 0 unspecified atom stereocenters. The minimum Gasteiger partial charge on any atom is -0.360 e. The Hall–Kier alpha value is -2.20. The summed E-state index contributed by atoms with van der Waals surface area (Å²) >= 11 is 1.72. The molecule has 0 aromatic carbocycles. The second kappa shape index (κ2) is 4.98. The van der Waals surface area contributed by atoms with Crippen molar-refractivity contribution in [2.45, 2.75) is 0 Å². The minimum absolute atomic E-state index is 0. The van der Waals surface area contributed by atoms with Gasteiger partial charge in [-0.25, -0.2) is 0 Å². The molecular weight excluding hydrogens is 242 g/mol. The quantitative estimate of drug-likeness (QED) is 0.514. The number of hydrogen-bond acceptors (Lipinski definition) is 3. The fraction of sp³-hybridized carbons (Fsp3) is 0. The second-order valence-corrected chi connectivity index (χ2v) is 4.72. The lowest BCUT2D eigenvalue weighted by Gasteiger charge is -1.82. The van der Waals surface area contributed by atoms with E-state index in [1.807, 2.05) is 43.0 Å². The highest BCUT2D eigenvalue weighted by molar-refractivity contribution is 7.17. The monoisotopic (exact) mass is 255 g/mol. The molecule has 0 aliphatic carbocycles. The highest BCUT2D eigenvalue weighted by Crippen LogP contribution is 2.17. The largest absolute Gasteiger partial charge is 0.360 e. The molecule has 18 heavy (non-hydrogen) atoms. The van der Waals surface area contributed by atoms with Crippen molar-refractivity contribution < 1.29 is 1.43 Å². The van der Waals surface area contributed by atoms with Gasteiger partial charge in [-0.05, 0) is 35.0 Å². The van der Waals surface area contributed by atoms with E-state index < -0.39 is 0 Å². The molecule has 0 saturated heterocycles. The fourth-order valence-corrected chi connectivity index (χ4v) is 2.46. The predicted molar refractivity (Wildman–Crippen MR) is 77.8 cm³/mol. The summed E-state index contributed by atoms with van der Waals surface area (Å²) < 4.78 is 1.26. The Morgan fingerprint density at radius 1 is 0.944 bits per heavy atom. The first-order valence-corrected chi connectivity index (χ1v) is 6.46. The maximum atomic E-state index is 4.00. The number of aromatic amines is 1. The molecule has 0 radical (unpaired) electrons. The summed E-state index contributed by atoms with van der Waals surface area (Å²) in [5.74, 6) is 0. The first-order chi connectivity index (χ1) is 8.93. The maximum absolute atomic E-state index is 4.00. The van der Waals surface area contributed by atoms with Crippen molar-refractivity contribution in [1.29, 1.82) is 0 Å². The summed E-state index contributed by atoms with van der Waals surface area (Å²) in [7, 11) is 0. The number of H-pyrrole nitrogens is 1. The molecule has 3 nitrogen and oxygen atoms in total. The Morgan fingerprint density at radius 3 is 2.61 bits per heavy atom. The maximum Gasteiger partial charge on any atom is 0.0640 e. The molecule has 0 aliphatic rings. The van der Waals surface area contributed by atoms with Crippen molar-refractivity contribution in [3.8, 4) is 0 Å². The van der Waals surface area contributed by atoms with Gasteiger partial charge in [-0.2, -0.15) is 0 Å². The second-order valence-electron chi connectivity index (χ2n) is 3.77. The molecule has 4 heterocycles. The topological polar surface area (TPSA) is 41.6 Å². The van der Waals surface area contributed by atoms with E-state index in [0.717, 1.165) is 5.52 Å². The Balaban J connectivity index is 0.000000133. The van der Waals surface area contributed by atoms with Gasteiger partial charge >= 0.3 is 0 Å². The van der Waals surface area contributed by atoms with Crippen molar-refractivity contribution in [2.24, 2.45) is 0 Å². The van der Waals surface area contributed by atoms with E-state index in [4.69, 9.17) is 0 Å². The summed E-state index contributed by atoms with van der Waals surface area (Å²) in [5.41, 5.74) is 1.09. The number of pyridine rings is 2. The average molecular weight is 255 g/mol. The van der Waals surface area contributed by atoms with E-state index in [1.165, 1.54) is 15.5 Å². The summed E-state index contributed by atoms with van der Waals surface area (Å²) in [6.07, 6.45) is 9.22. The van der Waals surface area contributed by atoms with Gasteiger partial charge in [0.25, 0.3) is 0 Å². The molecule has 4 rings (SSSR count). The highest BCUT2D eigenvalue weighted by atomic mass is 32.1. The van der Waals surface area contributed by atoms with Crippen LogP contribution >= 0.6 is 11.3 Å². The van der Waals surface area contributed by atoms with Gasteiger partial charge in [-0.15, -0.1) is 11.3 Å². The summed E-state index contributed by atoms with van der Waals surface area (Å²) in [4.78, 5) is 11.0. The van der Waals surface area contributed by atoms with Gasteiger partial charge in [0.2, 0.25) is 0 Å². The molecule has 0 bridgehead atoms. The zero-order valence-electron chi connectivity index (χ0n) is 9.58. The van der Waals surface area contributed by atoms with Crippen LogP contribution in [0.5, 0.6) is 0 Å². The third-order valence-corrected chi connectivity index (χ3v) is 3.48. The van der Waals surface area contributed by atoms with E-state index in [9.17, 15) is 0 Å².